The standard InChI is InChI=1S/C10H13N5O2/c1-6(2)3-7(16)4-9-12-10(14-17-9)8-5-11-15-13-8/h5-6H,3-4H2,1-2H3,(H,11,13,15). The molecule has 0 unspecified atom stereocenters. The number of aromatic amines is 1. The Balaban J connectivity index is 2.02. The van der Waals surface area contributed by atoms with Gasteiger partial charge in [0.05, 0.1) is 12.6 Å². The molecule has 7 heteroatoms. The molecule has 0 radical (unpaired) electrons. The number of H-pyrrole nitrogens is 1. The zero-order valence-electron chi connectivity index (χ0n) is 9.67. The third kappa shape index (κ3) is 2.96. The van der Waals surface area contributed by atoms with Crippen molar-refractivity contribution < 1.29 is 9.32 Å². The van der Waals surface area contributed by atoms with Crippen LogP contribution in [0.3, 0.4) is 0 Å². The molecule has 2 rings (SSSR count). The van der Waals surface area contributed by atoms with Gasteiger partial charge in [-0.2, -0.15) is 20.4 Å². The quantitative estimate of drug-likeness (QED) is 0.830. The maximum Gasteiger partial charge on any atom is 0.234 e. The van der Waals surface area contributed by atoms with E-state index in [1.54, 1.807) is 0 Å². The van der Waals surface area contributed by atoms with E-state index in [4.69, 9.17) is 4.52 Å². The number of Topliss-reactive ketones (excluding diaryl/α,β-unsaturated/α-hetero) is 1. The van der Waals surface area contributed by atoms with Crippen LogP contribution in [0.25, 0.3) is 11.5 Å². The van der Waals surface area contributed by atoms with E-state index < -0.39 is 0 Å². The van der Waals surface area contributed by atoms with Crippen LogP contribution < -0.4 is 0 Å². The van der Waals surface area contributed by atoms with Crippen LogP contribution >= 0.6 is 0 Å². The summed E-state index contributed by atoms with van der Waals surface area (Å²) in [5, 5.41) is 13.7. The summed E-state index contributed by atoms with van der Waals surface area (Å²) in [4.78, 5) is 15.6. The molecule has 0 atom stereocenters. The van der Waals surface area contributed by atoms with E-state index in [1.807, 2.05) is 13.8 Å². The molecule has 0 amide bonds. The molecule has 17 heavy (non-hydrogen) atoms. The van der Waals surface area contributed by atoms with E-state index in [0.717, 1.165) is 0 Å². The number of nitrogens with one attached hydrogen (secondary N) is 1. The van der Waals surface area contributed by atoms with Gasteiger partial charge in [-0.05, 0) is 5.92 Å². The van der Waals surface area contributed by atoms with Gasteiger partial charge in [-0.1, -0.05) is 19.0 Å². The number of aromatic nitrogens is 5. The molecule has 2 heterocycles. The van der Waals surface area contributed by atoms with Crippen molar-refractivity contribution in [1.29, 1.82) is 0 Å². The minimum atomic E-state index is 0.0929. The van der Waals surface area contributed by atoms with Gasteiger partial charge in [0.25, 0.3) is 0 Å². The summed E-state index contributed by atoms with van der Waals surface area (Å²) in [6, 6.07) is 0. The lowest BCUT2D eigenvalue weighted by Crippen LogP contribution is -2.06. The molecule has 0 aromatic carbocycles. The lowest BCUT2D eigenvalue weighted by Gasteiger charge is -1.99. The Labute approximate surface area is 97.6 Å². The fourth-order valence-corrected chi connectivity index (χ4v) is 1.44. The molecule has 1 N–H and O–H groups in total. The van der Waals surface area contributed by atoms with Crippen LogP contribution in [0.15, 0.2) is 10.7 Å². The SMILES string of the molecule is CC(C)CC(=O)Cc1nc(-c2cn[nH]n2)no1. The highest BCUT2D eigenvalue weighted by Gasteiger charge is 2.14. The molecule has 0 saturated carbocycles. The first-order valence-corrected chi connectivity index (χ1v) is 5.35. The van der Waals surface area contributed by atoms with Crippen LogP contribution in [0.5, 0.6) is 0 Å². The highest BCUT2D eigenvalue weighted by atomic mass is 16.5. The van der Waals surface area contributed by atoms with Crippen LogP contribution in [-0.4, -0.2) is 31.3 Å². The van der Waals surface area contributed by atoms with Gasteiger partial charge < -0.3 is 4.52 Å². The van der Waals surface area contributed by atoms with Gasteiger partial charge in [0, 0.05) is 6.42 Å². The van der Waals surface area contributed by atoms with E-state index in [-0.39, 0.29) is 12.2 Å². The largest absolute Gasteiger partial charge is 0.338 e. The molecular formula is C10H13N5O2. The van der Waals surface area contributed by atoms with Crippen LogP contribution in [0.4, 0.5) is 0 Å². The Morgan fingerprint density at radius 1 is 1.53 bits per heavy atom. The average molecular weight is 235 g/mol. The molecule has 0 bridgehead atoms. The first-order chi connectivity index (χ1) is 8.15. The van der Waals surface area contributed by atoms with E-state index in [1.165, 1.54) is 6.20 Å². The van der Waals surface area contributed by atoms with Crippen LogP contribution in [-0.2, 0) is 11.2 Å². The Kier molecular flexibility index (Phi) is 3.27. The number of hydrogen-bond acceptors (Lipinski definition) is 6. The van der Waals surface area contributed by atoms with Gasteiger partial charge in [0.15, 0.2) is 5.69 Å². The Morgan fingerprint density at radius 2 is 2.35 bits per heavy atom. The van der Waals surface area contributed by atoms with E-state index in [0.29, 0.717) is 29.7 Å². The predicted octanol–water partition coefficient (Wildman–Crippen LogP) is 1.01. The van der Waals surface area contributed by atoms with Gasteiger partial charge in [-0.3, -0.25) is 4.79 Å². The molecule has 0 saturated heterocycles. The normalized spacial score (nSPS) is 11.0. The Bertz CT molecular complexity index is 489. The predicted molar refractivity (Wildman–Crippen MR) is 57.8 cm³/mol. The molecular weight excluding hydrogens is 222 g/mol. The average Bonchev–Trinajstić information content (AvgIpc) is 2.84. The summed E-state index contributed by atoms with van der Waals surface area (Å²) in [6.07, 6.45) is 2.18. The molecule has 2 aromatic rings. The van der Waals surface area contributed by atoms with Crippen molar-refractivity contribution >= 4 is 5.78 Å². The number of ketones is 1. The molecule has 0 aliphatic carbocycles. The molecule has 2 aromatic heterocycles. The van der Waals surface area contributed by atoms with Crippen molar-refractivity contribution in [1.82, 2.24) is 25.6 Å². The van der Waals surface area contributed by atoms with Crippen LogP contribution in [0.2, 0.25) is 0 Å². The third-order valence-electron chi connectivity index (χ3n) is 2.10. The van der Waals surface area contributed by atoms with Gasteiger partial charge in [0.1, 0.15) is 5.78 Å². The van der Waals surface area contributed by atoms with Crippen molar-refractivity contribution in [3.8, 4) is 11.5 Å². The smallest absolute Gasteiger partial charge is 0.234 e. The van der Waals surface area contributed by atoms with Crippen molar-refractivity contribution in [3.05, 3.63) is 12.1 Å². The highest BCUT2D eigenvalue weighted by molar-refractivity contribution is 5.80. The molecule has 0 aliphatic heterocycles. The van der Waals surface area contributed by atoms with Crippen molar-refractivity contribution in [2.24, 2.45) is 5.92 Å². The van der Waals surface area contributed by atoms with Crippen LogP contribution in [0.1, 0.15) is 26.2 Å². The molecule has 0 aliphatic rings. The third-order valence-corrected chi connectivity index (χ3v) is 2.10. The lowest BCUT2D eigenvalue weighted by molar-refractivity contribution is -0.119. The summed E-state index contributed by atoms with van der Waals surface area (Å²) in [6.45, 7) is 3.99. The van der Waals surface area contributed by atoms with Crippen molar-refractivity contribution in [3.63, 3.8) is 0 Å². The number of rotatable bonds is 5. The highest BCUT2D eigenvalue weighted by Crippen LogP contribution is 2.12. The number of carbonyl (C=O) groups is 1. The van der Waals surface area contributed by atoms with Gasteiger partial charge >= 0.3 is 0 Å². The van der Waals surface area contributed by atoms with E-state index in [9.17, 15) is 4.79 Å². The number of nitrogens with zero attached hydrogens (tertiary/aromatic N) is 4. The minimum absolute atomic E-state index is 0.0929. The zero-order valence-corrected chi connectivity index (χ0v) is 9.67. The Hall–Kier alpha value is -2.05. The summed E-state index contributed by atoms with van der Waals surface area (Å²) in [5.41, 5.74) is 0.497. The van der Waals surface area contributed by atoms with Gasteiger partial charge in [-0.25, -0.2) is 0 Å². The second-order valence-corrected chi connectivity index (χ2v) is 4.18. The lowest BCUT2D eigenvalue weighted by atomic mass is 10.1. The summed E-state index contributed by atoms with van der Waals surface area (Å²) >= 11 is 0. The Morgan fingerprint density at radius 3 is 3.00 bits per heavy atom. The maximum atomic E-state index is 11.6. The van der Waals surface area contributed by atoms with E-state index >= 15 is 0 Å². The second kappa shape index (κ2) is 4.86. The maximum absolute atomic E-state index is 11.6. The minimum Gasteiger partial charge on any atom is -0.338 e. The van der Waals surface area contributed by atoms with Crippen molar-refractivity contribution in [2.45, 2.75) is 26.7 Å². The first kappa shape index (κ1) is 11.4. The first-order valence-electron chi connectivity index (χ1n) is 5.35. The fraction of sp³-hybridized carbons (Fsp3) is 0.500. The summed E-state index contributed by atoms with van der Waals surface area (Å²) in [7, 11) is 0. The topological polar surface area (TPSA) is 97.6 Å². The van der Waals surface area contributed by atoms with Crippen LogP contribution in [0, 0.1) is 5.92 Å². The fourth-order valence-electron chi connectivity index (χ4n) is 1.44. The molecule has 0 fully saturated rings. The van der Waals surface area contributed by atoms with Crippen molar-refractivity contribution in [2.75, 3.05) is 0 Å². The van der Waals surface area contributed by atoms with E-state index in [2.05, 4.69) is 25.6 Å². The van der Waals surface area contributed by atoms with Gasteiger partial charge in [0.2, 0.25) is 11.7 Å². The number of carbonyl (C=O) groups excluding carboxylic acids is 1. The number of hydrogen-bond donors (Lipinski definition) is 1. The molecule has 0 spiro atoms. The molecule has 90 valence electrons. The monoisotopic (exact) mass is 235 g/mol. The summed E-state index contributed by atoms with van der Waals surface area (Å²) in [5.74, 6) is 1.08. The summed E-state index contributed by atoms with van der Waals surface area (Å²) < 4.78 is 4.98. The second-order valence-electron chi connectivity index (χ2n) is 4.18. The van der Waals surface area contributed by atoms with Gasteiger partial charge in [-0.15, -0.1) is 0 Å². The molecule has 7 nitrogen and oxygen atoms in total. The zero-order chi connectivity index (χ0) is 12.3.